The summed E-state index contributed by atoms with van der Waals surface area (Å²) in [7, 11) is 0. The van der Waals surface area contributed by atoms with Crippen LogP contribution in [0.5, 0.6) is 0 Å². The van der Waals surface area contributed by atoms with Crippen molar-refractivity contribution < 1.29 is 15.1 Å². The van der Waals surface area contributed by atoms with Crippen LogP contribution in [-0.4, -0.2) is 21.7 Å². The highest BCUT2D eigenvalue weighted by Crippen LogP contribution is 1.98. The van der Waals surface area contributed by atoms with Gasteiger partial charge in [-0.25, -0.2) is 0 Å². The lowest BCUT2D eigenvalue weighted by molar-refractivity contribution is -0.508. The zero-order chi connectivity index (χ0) is 6.57. The van der Waals surface area contributed by atoms with Gasteiger partial charge in [-0.05, 0) is 0 Å². The molecule has 0 fully saturated rings. The summed E-state index contributed by atoms with van der Waals surface area (Å²) >= 11 is 0. The fraction of sp³-hybridized carbons (Fsp3) is 0.667. The van der Waals surface area contributed by atoms with Crippen LogP contribution in [0.25, 0.3) is 0 Å². The predicted molar refractivity (Wildman–Crippen MR) is 23.9 cm³/mol. The molecule has 0 aliphatic heterocycles. The van der Waals surface area contributed by atoms with Crippen LogP contribution in [0.15, 0.2) is 0 Å². The second-order valence-corrected chi connectivity index (χ2v) is 1.15. The van der Waals surface area contributed by atoms with Crippen molar-refractivity contribution in [2.45, 2.75) is 6.42 Å². The van der Waals surface area contributed by atoms with Crippen molar-refractivity contribution in [1.29, 1.82) is 0 Å². The summed E-state index contributed by atoms with van der Waals surface area (Å²) in [5.41, 5.74) is 0. The number of rotatable bonds is 3. The monoisotopic (exact) mass is 120 g/mol. The van der Waals surface area contributed by atoms with Crippen LogP contribution < -0.4 is 0 Å². The molecule has 0 aliphatic carbocycles. The molecular weight excluding hydrogens is 114 g/mol. The molecule has 8 heavy (non-hydrogen) atoms. The Bertz CT molecular complexity index is 83.4. The van der Waals surface area contributed by atoms with Crippen LogP contribution in [0.2, 0.25) is 0 Å². The Kier molecular flexibility index (Phi) is 2.90. The van der Waals surface area contributed by atoms with E-state index in [0.29, 0.717) is 0 Å². The van der Waals surface area contributed by atoms with E-state index in [-0.39, 0.29) is 6.42 Å². The third-order valence-electron chi connectivity index (χ3n) is 0.546. The quantitative estimate of drug-likeness (QED) is 0.299. The SMILES string of the molecule is O=[N+]([O-])[C-](O)CCO. The maximum atomic E-state index is 9.50. The van der Waals surface area contributed by atoms with Gasteiger partial charge in [-0.1, -0.05) is 11.3 Å². The standard InChI is InChI=1S/C3H6NO4/c5-2-1-3(6)4(7)8/h5-6H,1-2H2/q-1. The minimum Gasteiger partial charge on any atom is -0.480 e. The molecule has 0 aromatic rings. The van der Waals surface area contributed by atoms with Gasteiger partial charge in [0.2, 0.25) is 0 Å². The Labute approximate surface area is 45.7 Å². The van der Waals surface area contributed by atoms with E-state index in [4.69, 9.17) is 10.2 Å². The van der Waals surface area contributed by atoms with Crippen LogP contribution in [0.3, 0.4) is 0 Å². The van der Waals surface area contributed by atoms with Gasteiger partial charge in [0.15, 0.2) is 0 Å². The summed E-state index contributed by atoms with van der Waals surface area (Å²) in [4.78, 5) is 8.56. The molecule has 0 spiro atoms. The van der Waals surface area contributed by atoms with Crippen molar-refractivity contribution in [2.75, 3.05) is 6.61 Å². The third kappa shape index (κ3) is 2.38. The molecule has 0 aromatic heterocycles. The van der Waals surface area contributed by atoms with E-state index < -0.39 is 17.8 Å². The lowest BCUT2D eigenvalue weighted by Gasteiger charge is -2.10. The average molecular weight is 120 g/mol. The first-order valence-corrected chi connectivity index (χ1v) is 1.98. The zero-order valence-corrected chi connectivity index (χ0v) is 4.07. The van der Waals surface area contributed by atoms with Crippen LogP contribution >= 0.6 is 0 Å². The van der Waals surface area contributed by atoms with Crippen LogP contribution in [0.1, 0.15) is 6.42 Å². The summed E-state index contributed by atoms with van der Waals surface area (Å²) in [5, 5.41) is 25.7. The molecule has 0 atom stereocenters. The highest BCUT2D eigenvalue weighted by Gasteiger charge is 1.96. The topological polar surface area (TPSA) is 83.6 Å². The van der Waals surface area contributed by atoms with Gasteiger partial charge >= 0.3 is 0 Å². The molecule has 0 unspecified atom stereocenters. The lowest BCUT2D eigenvalue weighted by atomic mass is 10.4. The van der Waals surface area contributed by atoms with Crippen molar-refractivity contribution in [2.24, 2.45) is 0 Å². The molecule has 0 aromatic carbocycles. The molecule has 48 valence electrons. The molecule has 0 bridgehead atoms. The van der Waals surface area contributed by atoms with Gasteiger partial charge in [-0.2, -0.15) is 0 Å². The lowest BCUT2D eigenvalue weighted by Crippen LogP contribution is -2.09. The molecule has 2 N–H and O–H groups in total. The Morgan fingerprint density at radius 3 is 2.38 bits per heavy atom. The van der Waals surface area contributed by atoms with Gasteiger partial charge in [0.1, 0.15) is 0 Å². The molecule has 0 saturated carbocycles. The molecule has 5 heteroatoms. The molecule has 0 rings (SSSR count). The highest BCUT2D eigenvalue weighted by molar-refractivity contribution is 4.56. The van der Waals surface area contributed by atoms with Gasteiger partial charge in [0.25, 0.3) is 0 Å². The second kappa shape index (κ2) is 3.23. The normalized spacial score (nSPS) is 8.75. The fourth-order valence-corrected chi connectivity index (χ4v) is 0.191. The van der Waals surface area contributed by atoms with Gasteiger partial charge in [0.05, 0.1) is 6.23 Å². The highest BCUT2D eigenvalue weighted by atomic mass is 16.7. The Balaban J connectivity index is 3.32. The van der Waals surface area contributed by atoms with Crippen LogP contribution in [0.4, 0.5) is 0 Å². The van der Waals surface area contributed by atoms with Gasteiger partial charge in [-0.15, -0.1) is 0 Å². The van der Waals surface area contributed by atoms with E-state index in [1.54, 1.807) is 0 Å². The minimum atomic E-state index is -0.934. The van der Waals surface area contributed by atoms with Gasteiger partial charge in [-0.3, -0.25) is 10.1 Å². The summed E-state index contributed by atoms with van der Waals surface area (Å²) in [5.74, 6) is 0. The molecule has 0 aliphatic rings. The van der Waals surface area contributed by atoms with Crippen molar-refractivity contribution in [1.82, 2.24) is 0 Å². The molecule has 0 heterocycles. The number of aliphatic hydroxyl groups excluding tert-OH is 2. The maximum absolute atomic E-state index is 9.50. The van der Waals surface area contributed by atoms with Crippen LogP contribution in [-0.2, 0) is 0 Å². The Hall–Kier alpha value is -0.810. The van der Waals surface area contributed by atoms with Gasteiger partial charge in [0, 0.05) is 6.61 Å². The van der Waals surface area contributed by atoms with E-state index in [2.05, 4.69) is 0 Å². The summed E-state index contributed by atoms with van der Waals surface area (Å²) in [6, 6.07) is 0. The Morgan fingerprint density at radius 1 is 1.75 bits per heavy atom. The number of aliphatic hydroxyl groups is 2. The number of hydrogen-bond donors (Lipinski definition) is 2. The molecule has 5 nitrogen and oxygen atoms in total. The fourth-order valence-electron chi connectivity index (χ4n) is 0.191. The largest absolute Gasteiger partial charge is 0.480 e. The van der Waals surface area contributed by atoms with Crippen molar-refractivity contribution in [3.63, 3.8) is 0 Å². The number of hydrogen-bond acceptors (Lipinski definition) is 4. The third-order valence-corrected chi connectivity index (χ3v) is 0.546. The average Bonchev–Trinajstić information content (AvgIpc) is 1.67. The summed E-state index contributed by atoms with van der Waals surface area (Å²) in [6.45, 7) is -0.396. The summed E-state index contributed by atoms with van der Waals surface area (Å²) in [6.07, 6.45) is -1.18. The van der Waals surface area contributed by atoms with Crippen molar-refractivity contribution in [3.05, 3.63) is 16.3 Å². The zero-order valence-electron chi connectivity index (χ0n) is 4.07. The minimum absolute atomic E-state index is 0.285. The van der Waals surface area contributed by atoms with E-state index in [1.165, 1.54) is 0 Å². The van der Waals surface area contributed by atoms with E-state index in [9.17, 15) is 10.1 Å². The van der Waals surface area contributed by atoms with Crippen molar-refractivity contribution >= 4 is 0 Å². The Morgan fingerprint density at radius 2 is 2.25 bits per heavy atom. The van der Waals surface area contributed by atoms with E-state index >= 15 is 0 Å². The molecule has 0 amide bonds. The first-order valence-electron chi connectivity index (χ1n) is 1.98. The second-order valence-electron chi connectivity index (χ2n) is 1.15. The first kappa shape index (κ1) is 7.19. The van der Waals surface area contributed by atoms with Crippen molar-refractivity contribution in [3.8, 4) is 0 Å². The smallest absolute Gasteiger partial charge is 0.0720 e. The van der Waals surface area contributed by atoms with Gasteiger partial charge < -0.3 is 10.2 Å². The molecular formula is C3H6NO4-. The number of nitro groups is 1. The van der Waals surface area contributed by atoms with E-state index in [1.807, 2.05) is 0 Å². The predicted octanol–water partition coefficient (Wildman–Crippen LogP) is -0.493. The molecule has 0 saturated heterocycles. The van der Waals surface area contributed by atoms with E-state index in [0.717, 1.165) is 0 Å². The first-order chi connectivity index (χ1) is 3.68. The number of nitrogens with zero attached hydrogens (tertiary/aromatic N) is 1. The van der Waals surface area contributed by atoms with Crippen LogP contribution in [0, 0.1) is 16.3 Å². The summed E-state index contributed by atoms with van der Waals surface area (Å²) < 4.78 is 0. The maximum Gasteiger partial charge on any atom is 0.0720 e. The molecule has 0 radical (unpaired) electrons.